The summed E-state index contributed by atoms with van der Waals surface area (Å²) in [7, 11) is 1.38. The zero-order chi connectivity index (χ0) is 12.3. The van der Waals surface area contributed by atoms with Gasteiger partial charge in [-0.15, -0.1) is 0 Å². The summed E-state index contributed by atoms with van der Waals surface area (Å²) in [4.78, 5) is 10.6. The second-order valence-corrected chi connectivity index (χ2v) is 3.27. The van der Waals surface area contributed by atoms with Gasteiger partial charge in [-0.3, -0.25) is 0 Å². The minimum absolute atomic E-state index is 0.195. The third-order valence-electron chi connectivity index (χ3n) is 2.20. The molecule has 0 aromatic heterocycles. The number of aliphatic hydroxyl groups excluding tert-OH is 1. The molecule has 0 amide bonds. The molecule has 16 heavy (non-hydrogen) atoms. The third kappa shape index (κ3) is 2.12. The van der Waals surface area contributed by atoms with Crippen molar-refractivity contribution in [1.82, 2.24) is 0 Å². The maximum Gasteiger partial charge on any atom is 0.337 e. The normalized spacial score (nSPS) is 11.6. The SMILES string of the molecule is COc1cc(C(O)C(=O)O)cc(C)c1C#N. The van der Waals surface area contributed by atoms with E-state index >= 15 is 0 Å². The van der Waals surface area contributed by atoms with E-state index in [-0.39, 0.29) is 11.3 Å². The van der Waals surface area contributed by atoms with Crippen LogP contribution < -0.4 is 4.74 Å². The molecule has 0 aliphatic heterocycles. The van der Waals surface area contributed by atoms with Crippen LogP contribution in [0.5, 0.6) is 5.75 Å². The summed E-state index contributed by atoms with van der Waals surface area (Å²) >= 11 is 0. The van der Waals surface area contributed by atoms with Gasteiger partial charge in [0.15, 0.2) is 6.10 Å². The van der Waals surface area contributed by atoms with Crippen LogP contribution in [0.1, 0.15) is 22.8 Å². The lowest BCUT2D eigenvalue weighted by Gasteiger charge is -2.11. The zero-order valence-electron chi connectivity index (χ0n) is 8.89. The van der Waals surface area contributed by atoms with Gasteiger partial charge in [-0.05, 0) is 24.1 Å². The van der Waals surface area contributed by atoms with E-state index in [0.29, 0.717) is 11.1 Å². The summed E-state index contributed by atoms with van der Waals surface area (Å²) in [5.41, 5.74) is 1.10. The number of aryl methyl sites for hydroxylation is 1. The van der Waals surface area contributed by atoms with Gasteiger partial charge in [0.05, 0.1) is 12.7 Å². The van der Waals surface area contributed by atoms with Crippen LogP contribution in [0, 0.1) is 18.3 Å². The highest BCUT2D eigenvalue weighted by atomic mass is 16.5. The fourth-order valence-electron chi connectivity index (χ4n) is 1.39. The van der Waals surface area contributed by atoms with Crippen molar-refractivity contribution in [3.05, 3.63) is 28.8 Å². The Morgan fingerprint density at radius 3 is 2.62 bits per heavy atom. The predicted molar refractivity (Wildman–Crippen MR) is 55.0 cm³/mol. The molecule has 84 valence electrons. The van der Waals surface area contributed by atoms with Crippen molar-refractivity contribution in [2.75, 3.05) is 7.11 Å². The minimum atomic E-state index is -1.61. The Bertz CT molecular complexity index is 462. The van der Waals surface area contributed by atoms with Gasteiger partial charge in [-0.2, -0.15) is 5.26 Å². The molecule has 0 spiro atoms. The van der Waals surface area contributed by atoms with Gasteiger partial charge in [0.1, 0.15) is 11.8 Å². The van der Waals surface area contributed by atoms with Crippen molar-refractivity contribution < 1.29 is 19.7 Å². The Kier molecular flexibility index (Phi) is 3.48. The van der Waals surface area contributed by atoms with Crippen LogP contribution >= 0.6 is 0 Å². The second-order valence-electron chi connectivity index (χ2n) is 3.27. The van der Waals surface area contributed by atoms with E-state index in [1.807, 2.05) is 6.07 Å². The van der Waals surface area contributed by atoms with Gasteiger partial charge in [-0.1, -0.05) is 6.07 Å². The highest BCUT2D eigenvalue weighted by Gasteiger charge is 2.19. The lowest BCUT2D eigenvalue weighted by atomic mass is 10.0. The fourth-order valence-corrected chi connectivity index (χ4v) is 1.39. The maximum absolute atomic E-state index is 10.6. The number of nitriles is 1. The lowest BCUT2D eigenvalue weighted by Crippen LogP contribution is -2.11. The number of rotatable bonds is 3. The molecule has 0 saturated carbocycles. The van der Waals surface area contributed by atoms with Crippen LogP contribution in [0.4, 0.5) is 0 Å². The van der Waals surface area contributed by atoms with Crippen LogP contribution in [-0.2, 0) is 4.79 Å². The summed E-state index contributed by atoms with van der Waals surface area (Å²) < 4.78 is 4.96. The van der Waals surface area contributed by atoms with Crippen molar-refractivity contribution in [2.24, 2.45) is 0 Å². The molecule has 1 atom stereocenters. The highest BCUT2D eigenvalue weighted by Crippen LogP contribution is 2.26. The van der Waals surface area contributed by atoms with Crippen molar-refractivity contribution in [1.29, 1.82) is 5.26 Å². The molecule has 5 nitrogen and oxygen atoms in total. The first-order chi connectivity index (χ1) is 7.51. The van der Waals surface area contributed by atoms with E-state index in [2.05, 4.69) is 0 Å². The highest BCUT2D eigenvalue weighted by molar-refractivity contribution is 5.74. The summed E-state index contributed by atoms with van der Waals surface area (Å²) in [5, 5.41) is 26.9. The van der Waals surface area contributed by atoms with E-state index in [9.17, 15) is 9.90 Å². The number of hydrogen-bond donors (Lipinski definition) is 2. The van der Waals surface area contributed by atoms with Crippen molar-refractivity contribution in [2.45, 2.75) is 13.0 Å². The molecule has 1 aromatic rings. The van der Waals surface area contributed by atoms with E-state index in [1.165, 1.54) is 19.2 Å². The van der Waals surface area contributed by atoms with Crippen LogP contribution in [0.2, 0.25) is 0 Å². The molecule has 0 radical (unpaired) electrons. The molecular formula is C11H11NO4. The average molecular weight is 221 g/mol. The number of carboxylic acid groups (broad SMARTS) is 1. The number of carboxylic acids is 1. The molecule has 5 heteroatoms. The number of methoxy groups -OCH3 is 1. The van der Waals surface area contributed by atoms with Crippen molar-refractivity contribution >= 4 is 5.97 Å². The molecule has 1 unspecified atom stereocenters. The van der Waals surface area contributed by atoms with Gasteiger partial charge < -0.3 is 14.9 Å². The Hall–Kier alpha value is -2.06. The Labute approximate surface area is 92.5 Å². The molecule has 0 saturated heterocycles. The molecule has 1 aromatic carbocycles. The quantitative estimate of drug-likeness (QED) is 0.794. The van der Waals surface area contributed by atoms with E-state index < -0.39 is 12.1 Å². The minimum Gasteiger partial charge on any atom is -0.495 e. The fraction of sp³-hybridized carbons (Fsp3) is 0.273. The smallest absolute Gasteiger partial charge is 0.337 e. The van der Waals surface area contributed by atoms with Gasteiger partial charge in [0.25, 0.3) is 0 Å². The lowest BCUT2D eigenvalue weighted by molar-refractivity contribution is -0.146. The zero-order valence-corrected chi connectivity index (χ0v) is 8.89. The summed E-state index contributed by atoms with van der Waals surface area (Å²) in [6.45, 7) is 1.65. The number of hydrogen-bond acceptors (Lipinski definition) is 4. The number of aliphatic carboxylic acids is 1. The van der Waals surface area contributed by atoms with E-state index in [0.717, 1.165) is 0 Å². The Balaban J connectivity index is 3.32. The number of benzene rings is 1. The second kappa shape index (κ2) is 4.64. The van der Waals surface area contributed by atoms with Crippen LogP contribution in [0.3, 0.4) is 0 Å². The van der Waals surface area contributed by atoms with E-state index in [1.54, 1.807) is 6.92 Å². The molecule has 0 bridgehead atoms. The summed E-state index contributed by atoms with van der Waals surface area (Å²) in [5.74, 6) is -1.08. The van der Waals surface area contributed by atoms with Gasteiger partial charge in [-0.25, -0.2) is 4.79 Å². The van der Waals surface area contributed by atoms with Crippen LogP contribution in [-0.4, -0.2) is 23.3 Å². The molecular weight excluding hydrogens is 210 g/mol. The topological polar surface area (TPSA) is 90.6 Å². The molecule has 1 rings (SSSR count). The van der Waals surface area contributed by atoms with E-state index in [4.69, 9.17) is 15.1 Å². The monoisotopic (exact) mass is 221 g/mol. The van der Waals surface area contributed by atoms with Crippen molar-refractivity contribution in [3.63, 3.8) is 0 Å². The Morgan fingerprint density at radius 1 is 1.56 bits per heavy atom. The predicted octanol–water partition coefficient (Wildman–Crippen LogP) is 0.993. The van der Waals surface area contributed by atoms with Gasteiger partial charge in [0.2, 0.25) is 0 Å². The number of aliphatic hydroxyl groups is 1. The summed E-state index contributed by atoms with van der Waals surface area (Å²) in [6, 6.07) is 4.77. The molecule has 2 N–H and O–H groups in total. The first kappa shape index (κ1) is 12.0. The Morgan fingerprint density at radius 2 is 2.19 bits per heavy atom. The van der Waals surface area contributed by atoms with Gasteiger partial charge >= 0.3 is 5.97 Å². The molecule has 0 heterocycles. The largest absolute Gasteiger partial charge is 0.495 e. The maximum atomic E-state index is 10.6. The molecule has 0 aliphatic carbocycles. The molecule has 0 aliphatic rings. The van der Waals surface area contributed by atoms with Crippen LogP contribution in [0.15, 0.2) is 12.1 Å². The first-order valence-electron chi connectivity index (χ1n) is 4.50. The summed E-state index contributed by atoms with van der Waals surface area (Å²) in [6.07, 6.45) is -1.61. The van der Waals surface area contributed by atoms with Gasteiger partial charge in [0, 0.05) is 0 Å². The molecule has 0 fully saturated rings. The van der Waals surface area contributed by atoms with Crippen LogP contribution in [0.25, 0.3) is 0 Å². The first-order valence-corrected chi connectivity index (χ1v) is 4.50. The third-order valence-corrected chi connectivity index (χ3v) is 2.20. The number of ether oxygens (including phenoxy) is 1. The number of carbonyl (C=O) groups is 1. The number of nitrogens with zero attached hydrogens (tertiary/aromatic N) is 1. The standard InChI is InChI=1S/C11H11NO4/c1-6-3-7(10(13)11(14)15)4-9(16-2)8(6)5-12/h3-4,10,13H,1-2H3,(H,14,15). The van der Waals surface area contributed by atoms with Crippen molar-refractivity contribution in [3.8, 4) is 11.8 Å². The average Bonchev–Trinajstić information content (AvgIpc) is 2.26.